The first kappa shape index (κ1) is 17.9. The molecule has 3 nitrogen and oxygen atoms in total. The zero-order chi connectivity index (χ0) is 15.2. The summed E-state index contributed by atoms with van der Waals surface area (Å²) in [5, 5.41) is 13.9. The Morgan fingerprint density at radius 3 is 2.40 bits per heavy atom. The summed E-state index contributed by atoms with van der Waals surface area (Å²) in [4.78, 5) is 0. The van der Waals surface area contributed by atoms with Crippen LogP contribution in [0.4, 0.5) is 0 Å². The summed E-state index contributed by atoms with van der Waals surface area (Å²) in [5.74, 6) is 0.836. The molecule has 1 fully saturated rings. The minimum atomic E-state index is -0.661. The predicted molar refractivity (Wildman–Crippen MR) is 84.9 cm³/mol. The summed E-state index contributed by atoms with van der Waals surface area (Å²) in [6, 6.07) is 0.566. The summed E-state index contributed by atoms with van der Waals surface area (Å²) in [6.45, 7) is 10.3. The van der Waals surface area contributed by atoms with Crippen LogP contribution in [0.25, 0.3) is 0 Å². The molecule has 0 heterocycles. The lowest BCUT2D eigenvalue weighted by molar-refractivity contribution is 0.0223. The highest BCUT2D eigenvalue weighted by Crippen LogP contribution is 2.36. The standard InChI is InChI=1S/C17H35NO2/c1-16(2,3)14-7-6-8-15(10-9-14)18-13-17(4,19)11-12-20-5/h14-15,18-19H,6-13H2,1-5H3. The molecule has 0 bridgehead atoms. The molecule has 3 atom stereocenters. The number of aliphatic hydroxyl groups is 1. The molecule has 0 aromatic carbocycles. The fourth-order valence-corrected chi connectivity index (χ4v) is 3.15. The van der Waals surface area contributed by atoms with E-state index in [0.29, 0.717) is 31.0 Å². The molecule has 0 spiro atoms. The van der Waals surface area contributed by atoms with Crippen molar-refractivity contribution >= 4 is 0 Å². The van der Waals surface area contributed by atoms with Gasteiger partial charge in [-0.25, -0.2) is 0 Å². The lowest BCUT2D eigenvalue weighted by atomic mass is 9.76. The van der Waals surface area contributed by atoms with Gasteiger partial charge in [0.1, 0.15) is 0 Å². The van der Waals surface area contributed by atoms with Gasteiger partial charge in [0, 0.05) is 32.7 Å². The third-order valence-electron chi connectivity index (χ3n) is 4.81. The SMILES string of the molecule is COCCC(C)(O)CNC1CCCC(C(C)(C)C)CC1. The average molecular weight is 285 g/mol. The average Bonchev–Trinajstić information content (AvgIpc) is 2.59. The number of hydrogen-bond donors (Lipinski definition) is 2. The molecule has 0 saturated heterocycles. The predicted octanol–water partition coefficient (Wildman–Crippen LogP) is 3.36. The fourth-order valence-electron chi connectivity index (χ4n) is 3.15. The molecule has 0 radical (unpaired) electrons. The summed E-state index contributed by atoms with van der Waals surface area (Å²) in [6.07, 6.45) is 7.13. The van der Waals surface area contributed by atoms with Crippen molar-refractivity contribution in [3.05, 3.63) is 0 Å². The van der Waals surface area contributed by atoms with Crippen molar-refractivity contribution < 1.29 is 9.84 Å². The van der Waals surface area contributed by atoms with E-state index in [1.54, 1.807) is 7.11 Å². The summed E-state index contributed by atoms with van der Waals surface area (Å²) < 4.78 is 5.05. The largest absolute Gasteiger partial charge is 0.389 e. The first-order chi connectivity index (χ1) is 9.24. The van der Waals surface area contributed by atoms with Crippen molar-refractivity contribution in [2.24, 2.45) is 11.3 Å². The van der Waals surface area contributed by atoms with Crippen molar-refractivity contribution in [1.29, 1.82) is 0 Å². The molecule has 1 aliphatic rings. The van der Waals surface area contributed by atoms with Gasteiger partial charge in [0.15, 0.2) is 0 Å². The van der Waals surface area contributed by atoms with Crippen molar-refractivity contribution in [1.82, 2.24) is 5.32 Å². The van der Waals surface area contributed by atoms with Crippen molar-refractivity contribution in [2.75, 3.05) is 20.3 Å². The first-order valence-electron chi connectivity index (χ1n) is 8.19. The molecule has 1 aliphatic carbocycles. The van der Waals surface area contributed by atoms with E-state index in [9.17, 15) is 5.11 Å². The maximum absolute atomic E-state index is 10.3. The minimum absolute atomic E-state index is 0.429. The second-order valence-electron chi connectivity index (χ2n) is 7.89. The smallest absolute Gasteiger partial charge is 0.0765 e. The van der Waals surface area contributed by atoms with Gasteiger partial charge in [-0.05, 0) is 43.9 Å². The van der Waals surface area contributed by atoms with Gasteiger partial charge in [-0.15, -0.1) is 0 Å². The molecule has 1 rings (SSSR count). The first-order valence-corrected chi connectivity index (χ1v) is 8.19. The van der Waals surface area contributed by atoms with Gasteiger partial charge in [-0.3, -0.25) is 0 Å². The van der Waals surface area contributed by atoms with Gasteiger partial charge >= 0.3 is 0 Å². The number of hydrogen-bond acceptors (Lipinski definition) is 3. The van der Waals surface area contributed by atoms with Crippen LogP contribution in [-0.2, 0) is 4.74 Å². The molecule has 0 amide bonds. The van der Waals surface area contributed by atoms with Crippen LogP contribution in [0.5, 0.6) is 0 Å². The number of nitrogens with one attached hydrogen (secondary N) is 1. The van der Waals surface area contributed by atoms with Crippen LogP contribution >= 0.6 is 0 Å². The Bertz CT molecular complexity index is 271. The second kappa shape index (κ2) is 7.77. The fraction of sp³-hybridized carbons (Fsp3) is 1.00. The monoisotopic (exact) mass is 285 g/mol. The molecule has 3 heteroatoms. The maximum atomic E-state index is 10.3. The molecule has 3 unspecified atom stereocenters. The van der Waals surface area contributed by atoms with E-state index in [2.05, 4.69) is 26.1 Å². The maximum Gasteiger partial charge on any atom is 0.0765 e. The molecular formula is C17H35NO2. The van der Waals surface area contributed by atoms with E-state index < -0.39 is 5.60 Å². The zero-order valence-corrected chi connectivity index (χ0v) is 14.2. The van der Waals surface area contributed by atoms with Gasteiger partial charge in [0.2, 0.25) is 0 Å². The van der Waals surface area contributed by atoms with E-state index in [-0.39, 0.29) is 0 Å². The van der Waals surface area contributed by atoms with Crippen LogP contribution in [0.1, 0.15) is 66.2 Å². The number of rotatable bonds is 6. The highest BCUT2D eigenvalue weighted by Gasteiger charge is 2.28. The van der Waals surface area contributed by atoms with Gasteiger partial charge in [-0.1, -0.05) is 27.2 Å². The van der Waals surface area contributed by atoms with Crippen LogP contribution in [0.2, 0.25) is 0 Å². The van der Waals surface area contributed by atoms with Crippen molar-refractivity contribution in [3.8, 4) is 0 Å². The van der Waals surface area contributed by atoms with Crippen LogP contribution < -0.4 is 5.32 Å². The van der Waals surface area contributed by atoms with E-state index in [4.69, 9.17) is 4.74 Å². The minimum Gasteiger partial charge on any atom is -0.389 e. The highest BCUT2D eigenvalue weighted by molar-refractivity contribution is 4.83. The van der Waals surface area contributed by atoms with E-state index in [1.807, 2.05) is 6.92 Å². The van der Waals surface area contributed by atoms with Crippen molar-refractivity contribution in [3.63, 3.8) is 0 Å². The lowest BCUT2D eigenvalue weighted by Crippen LogP contribution is -2.43. The molecule has 1 saturated carbocycles. The second-order valence-corrected chi connectivity index (χ2v) is 7.89. The summed E-state index contributed by atoms with van der Waals surface area (Å²) in [7, 11) is 1.68. The Hall–Kier alpha value is -0.120. The quantitative estimate of drug-likeness (QED) is 0.735. The van der Waals surface area contributed by atoms with Crippen molar-refractivity contribution in [2.45, 2.75) is 77.9 Å². The van der Waals surface area contributed by atoms with Gasteiger partial charge in [0.05, 0.1) is 5.60 Å². The number of ether oxygens (including phenoxy) is 1. The Morgan fingerprint density at radius 2 is 1.80 bits per heavy atom. The van der Waals surface area contributed by atoms with Crippen LogP contribution in [0.3, 0.4) is 0 Å². The van der Waals surface area contributed by atoms with Gasteiger partial charge in [-0.2, -0.15) is 0 Å². The third-order valence-corrected chi connectivity index (χ3v) is 4.81. The molecule has 0 aliphatic heterocycles. The molecule has 20 heavy (non-hydrogen) atoms. The summed E-state index contributed by atoms with van der Waals surface area (Å²) >= 11 is 0. The van der Waals surface area contributed by atoms with E-state index in [1.165, 1.54) is 32.1 Å². The Balaban J connectivity index is 2.35. The summed E-state index contributed by atoms with van der Waals surface area (Å²) in [5.41, 5.74) is -0.232. The topological polar surface area (TPSA) is 41.5 Å². The molecule has 2 N–H and O–H groups in total. The van der Waals surface area contributed by atoms with Crippen LogP contribution in [-0.4, -0.2) is 37.0 Å². The molecular weight excluding hydrogens is 250 g/mol. The molecule has 0 aromatic rings. The van der Waals surface area contributed by atoms with Gasteiger partial charge in [0.25, 0.3) is 0 Å². The Labute approximate surface area is 125 Å². The van der Waals surface area contributed by atoms with Gasteiger partial charge < -0.3 is 15.2 Å². The lowest BCUT2D eigenvalue weighted by Gasteiger charge is -2.30. The highest BCUT2D eigenvalue weighted by atomic mass is 16.5. The number of methoxy groups -OCH3 is 1. The van der Waals surface area contributed by atoms with E-state index >= 15 is 0 Å². The van der Waals surface area contributed by atoms with Crippen LogP contribution in [0, 0.1) is 11.3 Å². The molecule has 120 valence electrons. The third kappa shape index (κ3) is 6.55. The Kier molecular flexibility index (Phi) is 6.96. The Morgan fingerprint density at radius 1 is 1.10 bits per heavy atom. The van der Waals surface area contributed by atoms with Crippen LogP contribution in [0.15, 0.2) is 0 Å². The van der Waals surface area contributed by atoms with E-state index in [0.717, 1.165) is 5.92 Å². The normalized spacial score (nSPS) is 27.9. The zero-order valence-electron chi connectivity index (χ0n) is 14.2. The molecule has 0 aromatic heterocycles.